The number of hydrogen-bond donors (Lipinski definition) is 1. The first-order valence-corrected chi connectivity index (χ1v) is 13.4. The maximum atomic E-state index is 13.3. The van der Waals surface area contributed by atoms with E-state index in [1.54, 1.807) is 22.7 Å². The number of ether oxygens (including phenoxy) is 1. The van der Waals surface area contributed by atoms with Gasteiger partial charge in [0.1, 0.15) is 17.5 Å². The van der Waals surface area contributed by atoms with E-state index >= 15 is 0 Å². The SMILES string of the molecule is CC(C)(C)OC(=O)N1C[C@@H](N2CCN(c3ncc(C(N)=O)cc3Cl)CC2)C[C@H]1C(=O)N1CCSC1. The molecule has 4 heterocycles. The van der Waals surface area contributed by atoms with Gasteiger partial charge in [-0.05, 0) is 33.3 Å². The van der Waals surface area contributed by atoms with Crippen molar-refractivity contribution >= 4 is 47.1 Å². The minimum Gasteiger partial charge on any atom is -0.444 e. The van der Waals surface area contributed by atoms with E-state index in [1.165, 1.54) is 6.20 Å². The Kier molecular flexibility index (Phi) is 7.68. The predicted octanol–water partition coefficient (Wildman–Crippen LogP) is 1.87. The van der Waals surface area contributed by atoms with E-state index in [4.69, 9.17) is 22.1 Å². The molecule has 3 saturated heterocycles. The Morgan fingerprint density at radius 1 is 1.17 bits per heavy atom. The van der Waals surface area contributed by atoms with Crippen LogP contribution in [0.25, 0.3) is 0 Å². The van der Waals surface area contributed by atoms with Gasteiger partial charge in [0.2, 0.25) is 11.8 Å². The summed E-state index contributed by atoms with van der Waals surface area (Å²) in [6.45, 7) is 9.53. The second-order valence-corrected chi connectivity index (χ2v) is 11.6. The minimum atomic E-state index is -0.631. The number of piperazine rings is 1. The highest BCUT2D eigenvalue weighted by molar-refractivity contribution is 7.99. The maximum Gasteiger partial charge on any atom is 0.411 e. The normalized spacial score (nSPS) is 23.6. The number of likely N-dealkylation sites (tertiary alicyclic amines) is 1. The Balaban J connectivity index is 1.43. The first-order chi connectivity index (χ1) is 16.5. The highest BCUT2D eigenvalue weighted by Crippen LogP contribution is 2.30. The lowest BCUT2D eigenvalue weighted by atomic mass is 10.1. The quantitative estimate of drug-likeness (QED) is 0.635. The molecule has 1 aromatic rings. The molecule has 3 amide bonds. The third-order valence-electron chi connectivity index (χ3n) is 6.49. The molecule has 12 heteroatoms. The van der Waals surface area contributed by atoms with E-state index in [0.29, 0.717) is 49.3 Å². The summed E-state index contributed by atoms with van der Waals surface area (Å²) in [6.07, 6.45) is 1.60. The zero-order valence-corrected chi connectivity index (χ0v) is 22.0. The van der Waals surface area contributed by atoms with Gasteiger partial charge < -0.3 is 20.3 Å². The number of nitrogens with zero attached hydrogens (tertiary/aromatic N) is 5. The Hall–Kier alpha value is -2.24. The number of rotatable bonds is 4. The van der Waals surface area contributed by atoms with Crippen LogP contribution in [0.1, 0.15) is 37.6 Å². The molecule has 0 aromatic carbocycles. The fraction of sp³-hybridized carbons (Fsp3) is 0.652. The zero-order chi connectivity index (χ0) is 25.3. The van der Waals surface area contributed by atoms with Gasteiger partial charge in [0.05, 0.1) is 16.5 Å². The van der Waals surface area contributed by atoms with Crippen LogP contribution >= 0.6 is 23.4 Å². The highest BCUT2D eigenvalue weighted by atomic mass is 35.5. The monoisotopic (exact) mass is 524 g/mol. The molecule has 1 aromatic heterocycles. The van der Waals surface area contributed by atoms with E-state index < -0.39 is 23.6 Å². The van der Waals surface area contributed by atoms with Crippen molar-refractivity contribution in [2.75, 3.05) is 55.8 Å². The number of carbonyl (C=O) groups excluding carboxylic acids is 3. The molecule has 0 bridgehead atoms. The summed E-state index contributed by atoms with van der Waals surface area (Å²) >= 11 is 8.10. The predicted molar refractivity (Wildman–Crippen MR) is 136 cm³/mol. The number of amides is 3. The van der Waals surface area contributed by atoms with E-state index in [9.17, 15) is 14.4 Å². The smallest absolute Gasteiger partial charge is 0.411 e. The number of nitrogens with two attached hydrogens (primary N) is 1. The fourth-order valence-corrected chi connectivity index (χ4v) is 5.97. The molecular weight excluding hydrogens is 492 g/mol. The third kappa shape index (κ3) is 5.95. The van der Waals surface area contributed by atoms with Gasteiger partial charge in [-0.1, -0.05) is 11.6 Å². The van der Waals surface area contributed by atoms with Crippen LogP contribution in [0, 0.1) is 0 Å². The molecule has 3 aliphatic heterocycles. The zero-order valence-electron chi connectivity index (χ0n) is 20.4. The van der Waals surface area contributed by atoms with Crippen LogP contribution < -0.4 is 10.6 Å². The number of primary amides is 1. The van der Waals surface area contributed by atoms with Crippen molar-refractivity contribution in [3.8, 4) is 0 Å². The number of pyridine rings is 1. The minimum absolute atomic E-state index is 0.00696. The van der Waals surface area contributed by atoms with Crippen LogP contribution in [-0.2, 0) is 9.53 Å². The highest BCUT2D eigenvalue weighted by Gasteiger charge is 2.45. The molecule has 0 saturated carbocycles. The van der Waals surface area contributed by atoms with Crippen molar-refractivity contribution in [1.29, 1.82) is 0 Å². The summed E-state index contributed by atoms with van der Waals surface area (Å²) in [7, 11) is 0. The molecule has 3 fully saturated rings. The van der Waals surface area contributed by atoms with Crippen molar-refractivity contribution in [1.82, 2.24) is 19.7 Å². The molecule has 35 heavy (non-hydrogen) atoms. The molecule has 0 radical (unpaired) electrons. The van der Waals surface area contributed by atoms with Gasteiger partial charge in [-0.3, -0.25) is 19.4 Å². The summed E-state index contributed by atoms with van der Waals surface area (Å²) in [5, 5.41) is 0.390. The summed E-state index contributed by atoms with van der Waals surface area (Å²) in [5.74, 6) is 1.66. The molecule has 10 nitrogen and oxygen atoms in total. The van der Waals surface area contributed by atoms with Crippen LogP contribution in [0.4, 0.5) is 10.6 Å². The number of thioether (sulfide) groups is 1. The second kappa shape index (κ2) is 10.4. The summed E-state index contributed by atoms with van der Waals surface area (Å²) in [4.78, 5) is 49.9. The van der Waals surface area contributed by atoms with E-state index in [1.807, 2.05) is 25.7 Å². The van der Waals surface area contributed by atoms with E-state index in [2.05, 4.69) is 14.8 Å². The van der Waals surface area contributed by atoms with Crippen LogP contribution in [0.15, 0.2) is 12.3 Å². The molecule has 2 atom stereocenters. The van der Waals surface area contributed by atoms with Crippen LogP contribution in [-0.4, -0.2) is 106 Å². The van der Waals surface area contributed by atoms with Crippen LogP contribution in [0.2, 0.25) is 5.02 Å². The maximum absolute atomic E-state index is 13.3. The molecule has 0 spiro atoms. The number of hydrogen-bond acceptors (Lipinski definition) is 8. The van der Waals surface area contributed by atoms with Crippen LogP contribution in [0.5, 0.6) is 0 Å². The molecule has 2 N–H and O–H groups in total. The molecule has 0 aliphatic carbocycles. The summed E-state index contributed by atoms with van der Waals surface area (Å²) in [5.41, 5.74) is 4.96. The second-order valence-electron chi connectivity index (χ2n) is 10.1. The average Bonchev–Trinajstić information content (AvgIpc) is 3.48. The number of halogens is 1. The van der Waals surface area contributed by atoms with Crippen molar-refractivity contribution in [3.63, 3.8) is 0 Å². The Bertz CT molecular complexity index is 975. The Labute approximate surface area is 215 Å². The van der Waals surface area contributed by atoms with Gasteiger partial charge >= 0.3 is 6.09 Å². The first-order valence-electron chi connectivity index (χ1n) is 11.8. The van der Waals surface area contributed by atoms with E-state index in [-0.39, 0.29) is 17.5 Å². The molecule has 0 unspecified atom stereocenters. The Morgan fingerprint density at radius 3 is 2.46 bits per heavy atom. The van der Waals surface area contributed by atoms with Gasteiger partial charge in [-0.15, -0.1) is 11.8 Å². The topological polar surface area (TPSA) is 112 Å². The van der Waals surface area contributed by atoms with Crippen molar-refractivity contribution < 1.29 is 19.1 Å². The number of anilines is 1. The van der Waals surface area contributed by atoms with Gasteiger partial charge in [-0.25, -0.2) is 9.78 Å². The average molecular weight is 525 g/mol. The van der Waals surface area contributed by atoms with Gasteiger partial charge in [0, 0.05) is 57.3 Å². The van der Waals surface area contributed by atoms with Gasteiger partial charge in [-0.2, -0.15) is 0 Å². The fourth-order valence-electron chi connectivity index (χ4n) is 4.73. The first kappa shape index (κ1) is 25.8. The van der Waals surface area contributed by atoms with Crippen molar-refractivity contribution in [3.05, 3.63) is 22.8 Å². The number of carbonyl (C=O) groups is 3. The summed E-state index contributed by atoms with van der Waals surface area (Å²) in [6, 6.07) is 1.10. The Morgan fingerprint density at radius 2 is 1.89 bits per heavy atom. The third-order valence-corrected chi connectivity index (χ3v) is 7.74. The number of aromatic nitrogens is 1. The summed E-state index contributed by atoms with van der Waals surface area (Å²) < 4.78 is 5.64. The van der Waals surface area contributed by atoms with Crippen molar-refractivity contribution in [2.45, 2.75) is 44.9 Å². The largest absolute Gasteiger partial charge is 0.444 e. The standard InChI is InChI=1S/C23H33ClN6O4S/c1-23(2,3)34-22(33)30-13-16(11-18(30)21(32)29-8-9-35-14-29)27-4-6-28(7-5-27)20-17(24)10-15(12-26-20)19(25)31/h10,12,16,18H,4-9,11,13-14H2,1-3H3,(H2,25,31)/t16-,18-/m0/s1. The van der Waals surface area contributed by atoms with E-state index in [0.717, 1.165) is 18.8 Å². The van der Waals surface area contributed by atoms with Crippen molar-refractivity contribution in [2.24, 2.45) is 5.73 Å². The molecular formula is C23H33ClN6O4S. The van der Waals surface area contributed by atoms with Gasteiger partial charge in [0.15, 0.2) is 0 Å². The molecule has 192 valence electrons. The molecule has 3 aliphatic rings. The van der Waals surface area contributed by atoms with Crippen LogP contribution in [0.3, 0.4) is 0 Å². The lowest BCUT2D eigenvalue weighted by Gasteiger charge is -2.38. The molecule has 4 rings (SSSR count). The van der Waals surface area contributed by atoms with Gasteiger partial charge in [0.25, 0.3) is 0 Å². The lowest BCUT2D eigenvalue weighted by molar-refractivity contribution is -0.134. The lowest BCUT2D eigenvalue weighted by Crippen LogP contribution is -2.51.